The van der Waals surface area contributed by atoms with Gasteiger partial charge in [-0.3, -0.25) is 9.59 Å². The first-order chi connectivity index (χ1) is 39.6. The van der Waals surface area contributed by atoms with Gasteiger partial charge in [-0.2, -0.15) is 0 Å². The van der Waals surface area contributed by atoms with Gasteiger partial charge in [-0.15, -0.1) is 0 Å². The molecule has 0 aromatic heterocycles. The smallest absolute Gasteiger partial charge is 0.361 e. The van der Waals surface area contributed by atoms with E-state index in [1.165, 1.54) is 70.6 Å². The van der Waals surface area contributed by atoms with E-state index in [9.17, 15) is 19.5 Å². The van der Waals surface area contributed by atoms with Crippen LogP contribution >= 0.6 is 0 Å². The minimum atomic E-state index is -1.52. The molecule has 458 valence electrons. The third-order valence-corrected chi connectivity index (χ3v) is 13.1. The number of unbranched alkanes of at least 4 members (excludes halogenated alkanes) is 18. The van der Waals surface area contributed by atoms with Crippen LogP contribution in [-0.4, -0.2) is 87.4 Å². The summed E-state index contributed by atoms with van der Waals surface area (Å²) in [6, 6.07) is 0. The molecule has 0 bridgehead atoms. The van der Waals surface area contributed by atoms with E-state index < -0.39 is 24.3 Å². The molecule has 1 N–H and O–H groups in total. The van der Waals surface area contributed by atoms with Crippen LogP contribution in [0.25, 0.3) is 0 Å². The van der Waals surface area contributed by atoms with Crippen LogP contribution in [0.15, 0.2) is 146 Å². The molecular formula is C72H118NO8+. The summed E-state index contributed by atoms with van der Waals surface area (Å²) in [5.74, 6) is -2.04. The number of quaternary nitrogens is 1. The zero-order chi connectivity index (χ0) is 59.1. The number of likely N-dealkylation sites (N-methyl/N-ethyl adjacent to an activating group) is 1. The largest absolute Gasteiger partial charge is 0.477 e. The zero-order valence-electron chi connectivity index (χ0n) is 52.1. The fraction of sp³-hybridized carbons (Fsp3) is 0.625. The minimum absolute atomic E-state index is 0.177. The molecule has 0 radical (unpaired) electrons. The van der Waals surface area contributed by atoms with Gasteiger partial charge >= 0.3 is 17.9 Å². The van der Waals surface area contributed by atoms with E-state index in [1.807, 2.05) is 21.1 Å². The van der Waals surface area contributed by atoms with Gasteiger partial charge in [0.25, 0.3) is 6.29 Å². The number of rotatable bonds is 57. The van der Waals surface area contributed by atoms with E-state index in [-0.39, 0.29) is 38.6 Å². The first-order valence-electron chi connectivity index (χ1n) is 32.0. The van der Waals surface area contributed by atoms with Crippen LogP contribution in [0, 0.1) is 0 Å². The Kier molecular flexibility index (Phi) is 57.6. The molecule has 0 aromatic rings. The summed E-state index contributed by atoms with van der Waals surface area (Å²) in [6.07, 6.45) is 86.5. The third kappa shape index (κ3) is 62.6. The van der Waals surface area contributed by atoms with Gasteiger partial charge in [-0.25, -0.2) is 4.79 Å². The molecule has 81 heavy (non-hydrogen) atoms. The Morgan fingerprint density at radius 2 is 0.704 bits per heavy atom. The molecular weight excluding hydrogens is 1010 g/mol. The van der Waals surface area contributed by atoms with Crippen molar-refractivity contribution in [3.05, 3.63) is 146 Å². The maximum absolute atomic E-state index is 12.9. The molecule has 0 rings (SSSR count). The second-order valence-electron chi connectivity index (χ2n) is 22.0. The molecule has 0 aliphatic rings. The second kappa shape index (κ2) is 61.2. The lowest BCUT2D eigenvalue weighted by atomic mass is 10.1. The van der Waals surface area contributed by atoms with Crippen LogP contribution in [-0.2, 0) is 33.3 Å². The molecule has 0 heterocycles. The fourth-order valence-electron chi connectivity index (χ4n) is 8.19. The number of aliphatic carboxylic acids is 1. The Balaban J connectivity index is 4.23. The van der Waals surface area contributed by atoms with Gasteiger partial charge in [0, 0.05) is 12.8 Å². The van der Waals surface area contributed by atoms with Gasteiger partial charge in [0.05, 0.1) is 34.4 Å². The van der Waals surface area contributed by atoms with Crippen LogP contribution in [0.5, 0.6) is 0 Å². The average molecular weight is 1130 g/mol. The summed E-state index contributed by atoms with van der Waals surface area (Å²) in [7, 11) is 5.95. The Bertz CT molecular complexity index is 1840. The summed E-state index contributed by atoms with van der Waals surface area (Å²) in [5.41, 5.74) is 0. The van der Waals surface area contributed by atoms with Crippen molar-refractivity contribution in [1.82, 2.24) is 0 Å². The van der Waals surface area contributed by atoms with E-state index in [0.717, 1.165) is 128 Å². The molecule has 0 saturated carbocycles. The average Bonchev–Trinajstić information content (AvgIpc) is 3.44. The minimum Gasteiger partial charge on any atom is -0.477 e. The summed E-state index contributed by atoms with van der Waals surface area (Å²) in [4.78, 5) is 37.5. The monoisotopic (exact) mass is 1120 g/mol. The highest BCUT2D eigenvalue weighted by Crippen LogP contribution is 2.15. The lowest BCUT2D eigenvalue weighted by molar-refractivity contribution is -0.870. The molecule has 0 saturated heterocycles. The molecule has 0 spiro atoms. The van der Waals surface area contributed by atoms with E-state index in [4.69, 9.17) is 18.9 Å². The van der Waals surface area contributed by atoms with Crippen molar-refractivity contribution >= 4 is 17.9 Å². The number of carbonyl (C=O) groups is 3. The van der Waals surface area contributed by atoms with E-state index in [2.05, 4.69) is 160 Å². The van der Waals surface area contributed by atoms with Crippen molar-refractivity contribution in [2.45, 2.75) is 245 Å². The lowest BCUT2D eigenvalue weighted by Gasteiger charge is -2.25. The van der Waals surface area contributed by atoms with Gasteiger partial charge in [-0.05, 0) is 122 Å². The topological polar surface area (TPSA) is 108 Å². The van der Waals surface area contributed by atoms with Crippen LogP contribution in [0.1, 0.15) is 232 Å². The normalized spacial score (nSPS) is 13.7. The van der Waals surface area contributed by atoms with Gasteiger partial charge in [-0.1, -0.05) is 243 Å². The van der Waals surface area contributed by atoms with Gasteiger partial charge < -0.3 is 28.5 Å². The Hall–Kier alpha value is -4.83. The molecule has 9 heteroatoms. The van der Waals surface area contributed by atoms with Gasteiger partial charge in [0.1, 0.15) is 13.2 Å². The number of carboxylic acids is 1. The van der Waals surface area contributed by atoms with Crippen molar-refractivity contribution in [3.8, 4) is 0 Å². The number of allylic oxidation sites excluding steroid dienone is 24. The van der Waals surface area contributed by atoms with Crippen molar-refractivity contribution in [1.29, 1.82) is 0 Å². The summed E-state index contributed by atoms with van der Waals surface area (Å²) in [6.45, 7) is 4.70. The highest BCUT2D eigenvalue weighted by atomic mass is 16.7. The lowest BCUT2D eigenvalue weighted by Crippen LogP contribution is -2.40. The highest BCUT2D eigenvalue weighted by Gasteiger charge is 2.25. The van der Waals surface area contributed by atoms with E-state index in [1.54, 1.807) is 0 Å². The number of nitrogens with zero attached hydrogens (tertiary/aromatic N) is 1. The van der Waals surface area contributed by atoms with Crippen LogP contribution in [0.2, 0.25) is 0 Å². The standard InChI is InChI=1S/C72H117NO8/c1-6-8-10-12-14-16-18-20-22-24-26-27-28-29-30-31-32-33-34-35-36-37-38-39-40-41-42-43-45-47-49-51-53-55-57-59-61-63-70(75)81-68(67-80-72(71(76)77)78-65-64-73(3,4)5)66-79-69(74)62-60-58-56-54-52-50-48-46-44-25-23-21-19-17-15-13-11-9-7-2/h8,10,14-17,20-23,26-27,29-30,32-33,35-36,38-39,41-42,44,46,68,72H,6-7,9,11-13,18-19,24-25,28,31,34,37,40,43,45,47-67H2,1-5H3/p+1/b10-8-,16-14-,17-15-,22-20-,23-21-,27-26-,30-29-,33-32-,36-35-,39-38-,42-41-,46-44-. The number of esters is 2. The first kappa shape index (κ1) is 76.2. The fourth-order valence-corrected chi connectivity index (χ4v) is 8.19. The van der Waals surface area contributed by atoms with Crippen molar-refractivity contribution in [3.63, 3.8) is 0 Å². The maximum atomic E-state index is 12.9. The molecule has 0 amide bonds. The number of hydrogen-bond donors (Lipinski definition) is 1. The predicted molar refractivity (Wildman–Crippen MR) is 345 cm³/mol. The number of carbonyl (C=O) groups excluding carboxylic acids is 2. The number of ether oxygens (including phenoxy) is 4. The van der Waals surface area contributed by atoms with Crippen molar-refractivity contribution in [2.75, 3.05) is 47.5 Å². The summed E-state index contributed by atoms with van der Waals surface area (Å²) >= 11 is 0. The highest BCUT2D eigenvalue weighted by molar-refractivity contribution is 5.71. The predicted octanol–water partition coefficient (Wildman–Crippen LogP) is 19.6. The zero-order valence-corrected chi connectivity index (χ0v) is 52.1. The summed E-state index contributed by atoms with van der Waals surface area (Å²) < 4.78 is 22.9. The maximum Gasteiger partial charge on any atom is 0.361 e. The van der Waals surface area contributed by atoms with Gasteiger partial charge in [0.15, 0.2) is 6.10 Å². The number of carboxylic acid groups (broad SMARTS) is 1. The molecule has 0 fully saturated rings. The SMILES string of the molecule is CC/C=C\C/C=C\C/C=C\C/C=C\C/C=C\C/C=C\C/C=C\C/C=C\C/C=C\CCCCCCCCCCCC(=O)OC(COC(=O)CCCCCCCC/C=C\C/C=C\C/C=C\CCCCC)COC(OCC[N+](C)(C)C)C(=O)O. The van der Waals surface area contributed by atoms with E-state index >= 15 is 0 Å². The Morgan fingerprint density at radius 1 is 0.383 bits per heavy atom. The summed E-state index contributed by atoms with van der Waals surface area (Å²) in [5, 5.41) is 9.72. The first-order valence-corrected chi connectivity index (χ1v) is 32.0. The molecule has 0 aliphatic carbocycles. The molecule has 2 atom stereocenters. The Labute approximate surface area is 496 Å². The van der Waals surface area contributed by atoms with Crippen LogP contribution in [0.3, 0.4) is 0 Å². The molecule has 0 aliphatic heterocycles. The number of hydrogen-bond acceptors (Lipinski definition) is 7. The molecule has 0 aromatic carbocycles. The van der Waals surface area contributed by atoms with E-state index in [0.29, 0.717) is 17.4 Å². The molecule has 2 unspecified atom stereocenters. The van der Waals surface area contributed by atoms with Crippen LogP contribution in [0.4, 0.5) is 0 Å². The van der Waals surface area contributed by atoms with Crippen molar-refractivity contribution < 1.29 is 42.9 Å². The molecule has 9 nitrogen and oxygen atoms in total. The Morgan fingerprint density at radius 3 is 1.05 bits per heavy atom. The van der Waals surface area contributed by atoms with Crippen LogP contribution < -0.4 is 0 Å². The van der Waals surface area contributed by atoms with Gasteiger partial charge in [0.2, 0.25) is 0 Å². The quantitative estimate of drug-likeness (QED) is 0.0211. The second-order valence-corrected chi connectivity index (χ2v) is 22.0. The van der Waals surface area contributed by atoms with Crippen molar-refractivity contribution in [2.24, 2.45) is 0 Å². The third-order valence-electron chi connectivity index (χ3n) is 13.1.